The van der Waals surface area contributed by atoms with Crippen molar-refractivity contribution in [1.29, 1.82) is 0 Å². The summed E-state index contributed by atoms with van der Waals surface area (Å²) >= 11 is 17.1. The van der Waals surface area contributed by atoms with Crippen LogP contribution in [-0.4, -0.2) is 24.0 Å². The molecule has 0 aliphatic rings. The highest BCUT2D eigenvalue weighted by Crippen LogP contribution is 2.56. The third-order valence-corrected chi connectivity index (χ3v) is 7.67. The molecule has 144 valence electrons. The second kappa shape index (κ2) is 6.69. The van der Waals surface area contributed by atoms with Crippen molar-refractivity contribution in [2.24, 2.45) is 0 Å². The van der Waals surface area contributed by atoms with Gasteiger partial charge in [0.2, 0.25) is 0 Å². The molecule has 25 heavy (non-hydrogen) atoms. The Balaban J connectivity index is 3.31. The molecule has 1 aromatic carbocycles. The van der Waals surface area contributed by atoms with E-state index in [0.717, 1.165) is 12.1 Å². The maximum absolute atomic E-state index is 13.7. The SMILES string of the molecule is CC(c1ccc(C(F)(F)C(F)(F)C(F)(F)C(F)(F)F)cc1)[Si](Cl)(Cl)Cl. The first-order valence-corrected chi connectivity index (χ1v) is 11.4. The van der Waals surface area contributed by atoms with Crippen molar-refractivity contribution in [3.8, 4) is 0 Å². The smallest absolute Gasteiger partial charge is 0.194 e. The standard InChI is InChI=1S/C12H8Cl3F9Si/c1-6(25(13,14)15)7-2-4-8(5-3-7)9(16,17)10(18,19)11(20,21)12(22,23)24/h2-6H,1H3. The Kier molecular flexibility index (Phi) is 6.07. The van der Waals surface area contributed by atoms with Crippen molar-refractivity contribution < 1.29 is 39.5 Å². The molecule has 0 amide bonds. The van der Waals surface area contributed by atoms with Crippen molar-refractivity contribution in [3.05, 3.63) is 35.4 Å². The second-order valence-corrected chi connectivity index (χ2v) is 14.2. The fourth-order valence-electron chi connectivity index (χ4n) is 1.73. The molecule has 0 saturated carbocycles. The van der Waals surface area contributed by atoms with E-state index in [-0.39, 0.29) is 17.7 Å². The van der Waals surface area contributed by atoms with E-state index in [1.807, 2.05) is 0 Å². The van der Waals surface area contributed by atoms with Crippen molar-refractivity contribution in [3.63, 3.8) is 0 Å². The lowest BCUT2D eigenvalue weighted by Gasteiger charge is -2.34. The Labute approximate surface area is 151 Å². The van der Waals surface area contributed by atoms with Crippen LogP contribution < -0.4 is 0 Å². The van der Waals surface area contributed by atoms with Crippen LogP contribution in [-0.2, 0) is 5.92 Å². The maximum Gasteiger partial charge on any atom is 0.460 e. The highest BCUT2D eigenvalue weighted by Gasteiger charge is 2.82. The molecule has 0 radical (unpaired) electrons. The van der Waals surface area contributed by atoms with E-state index in [1.165, 1.54) is 6.92 Å². The molecule has 0 saturated heterocycles. The summed E-state index contributed by atoms with van der Waals surface area (Å²) in [5.74, 6) is -19.5. The number of rotatable bonds is 5. The van der Waals surface area contributed by atoms with Gasteiger partial charge in [0.1, 0.15) is 0 Å². The summed E-state index contributed by atoms with van der Waals surface area (Å²) in [5, 5.41) is 0. The summed E-state index contributed by atoms with van der Waals surface area (Å²) in [7, 11) is 0. The Morgan fingerprint density at radius 2 is 1.16 bits per heavy atom. The first kappa shape index (κ1) is 22.7. The number of alkyl halides is 9. The average molecular weight is 458 g/mol. The van der Waals surface area contributed by atoms with Crippen LogP contribution in [0, 0.1) is 0 Å². The van der Waals surface area contributed by atoms with Crippen LogP contribution in [0.2, 0.25) is 0 Å². The molecule has 1 atom stereocenters. The van der Waals surface area contributed by atoms with Crippen LogP contribution in [0.5, 0.6) is 0 Å². The minimum atomic E-state index is -6.94. The van der Waals surface area contributed by atoms with Gasteiger partial charge >= 0.3 is 29.9 Å². The van der Waals surface area contributed by atoms with Crippen LogP contribution in [0.3, 0.4) is 0 Å². The Morgan fingerprint density at radius 3 is 1.48 bits per heavy atom. The van der Waals surface area contributed by atoms with Gasteiger partial charge in [-0.15, -0.1) is 33.2 Å². The number of benzene rings is 1. The fourth-order valence-corrected chi connectivity index (χ4v) is 3.43. The number of hydrogen-bond acceptors (Lipinski definition) is 0. The van der Waals surface area contributed by atoms with Crippen LogP contribution in [0.25, 0.3) is 0 Å². The normalized spacial score (nSPS) is 16.0. The lowest BCUT2D eigenvalue weighted by molar-refractivity contribution is -0.399. The summed E-state index contributed by atoms with van der Waals surface area (Å²) < 4.78 is 116. The van der Waals surface area contributed by atoms with Gasteiger partial charge in [0.15, 0.2) is 0 Å². The van der Waals surface area contributed by atoms with Gasteiger partial charge in [-0.05, 0) is 5.56 Å². The predicted molar refractivity (Wildman–Crippen MR) is 78.0 cm³/mol. The Hall–Kier alpha value is -0.323. The topological polar surface area (TPSA) is 0 Å². The Morgan fingerprint density at radius 1 is 0.760 bits per heavy atom. The Bertz CT molecular complexity index is 608. The number of halogens is 12. The lowest BCUT2D eigenvalue weighted by atomic mass is 9.95. The molecule has 0 spiro atoms. The van der Waals surface area contributed by atoms with Crippen molar-refractivity contribution in [2.45, 2.75) is 36.4 Å². The molecule has 0 aliphatic heterocycles. The van der Waals surface area contributed by atoms with Gasteiger partial charge in [-0.25, -0.2) is 0 Å². The highest BCUT2D eigenvalue weighted by molar-refractivity contribution is 7.65. The van der Waals surface area contributed by atoms with Crippen LogP contribution in [0.1, 0.15) is 23.6 Å². The summed E-state index contributed by atoms with van der Waals surface area (Å²) in [6, 6.07) is -1.17. The van der Waals surface area contributed by atoms with E-state index >= 15 is 0 Å². The van der Waals surface area contributed by atoms with Gasteiger partial charge < -0.3 is 0 Å². The third-order valence-electron chi connectivity index (χ3n) is 3.41. The molecule has 1 rings (SSSR count). The largest absolute Gasteiger partial charge is 0.460 e. The van der Waals surface area contributed by atoms with E-state index < -0.39 is 41.1 Å². The van der Waals surface area contributed by atoms with Gasteiger partial charge in [0.05, 0.1) is 0 Å². The van der Waals surface area contributed by atoms with Crippen molar-refractivity contribution in [2.75, 3.05) is 0 Å². The zero-order chi connectivity index (χ0) is 20.1. The lowest BCUT2D eigenvalue weighted by Crippen LogP contribution is -2.59. The molecule has 0 N–H and O–H groups in total. The minimum absolute atomic E-state index is 0.122. The van der Waals surface area contributed by atoms with Gasteiger partial charge in [-0.1, -0.05) is 31.2 Å². The molecule has 1 aromatic rings. The minimum Gasteiger partial charge on any atom is -0.194 e. The highest BCUT2D eigenvalue weighted by atomic mass is 35.8. The summed E-state index contributed by atoms with van der Waals surface area (Å²) in [6.45, 7) is 1.40. The quantitative estimate of drug-likeness (QED) is 0.256. The summed E-state index contributed by atoms with van der Waals surface area (Å²) in [4.78, 5) is 0. The maximum atomic E-state index is 13.7. The summed E-state index contributed by atoms with van der Waals surface area (Å²) in [5.41, 5.74) is -2.38. The van der Waals surface area contributed by atoms with Crippen LogP contribution >= 0.6 is 33.2 Å². The molecule has 1 unspecified atom stereocenters. The second-order valence-electron chi connectivity index (χ2n) is 5.11. The van der Waals surface area contributed by atoms with Crippen molar-refractivity contribution >= 4 is 39.2 Å². The molecule has 0 aromatic heterocycles. The van der Waals surface area contributed by atoms with E-state index in [2.05, 4.69) is 0 Å². The van der Waals surface area contributed by atoms with Crippen LogP contribution in [0.15, 0.2) is 24.3 Å². The molecular formula is C12H8Cl3F9Si. The third kappa shape index (κ3) is 4.01. The fraction of sp³-hybridized carbons (Fsp3) is 0.500. The van der Waals surface area contributed by atoms with Gasteiger partial charge in [-0.2, -0.15) is 39.5 Å². The van der Waals surface area contributed by atoms with Crippen molar-refractivity contribution in [1.82, 2.24) is 0 Å². The molecular weight excluding hydrogens is 450 g/mol. The first-order chi connectivity index (χ1) is 10.9. The van der Waals surface area contributed by atoms with E-state index in [9.17, 15) is 39.5 Å². The molecule has 0 aliphatic carbocycles. The molecule has 0 fully saturated rings. The van der Waals surface area contributed by atoms with Crippen LogP contribution in [0.4, 0.5) is 39.5 Å². The van der Waals surface area contributed by atoms with Gasteiger partial charge in [0, 0.05) is 11.1 Å². The van der Waals surface area contributed by atoms with E-state index in [0.29, 0.717) is 0 Å². The molecule has 0 bridgehead atoms. The van der Waals surface area contributed by atoms with Gasteiger partial charge in [0.25, 0.3) is 0 Å². The number of hydrogen-bond donors (Lipinski definition) is 0. The zero-order valence-corrected chi connectivity index (χ0v) is 15.2. The average Bonchev–Trinajstić information content (AvgIpc) is 2.44. The molecule has 13 heteroatoms. The van der Waals surface area contributed by atoms with Gasteiger partial charge in [-0.3, -0.25) is 0 Å². The predicted octanol–water partition coefficient (Wildman–Crippen LogP) is 6.91. The zero-order valence-electron chi connectivity index (χ0n) is 11.9. The first-order valence-electron chi connectivity index (χ1n) is 6.24. The summed E-state index contributed by atoms with van der Waals surface area (Å²) in [6.07, 6.45) is -6.87. The van der Waals surface area contributed by atoms with E-state index in [4.69, 9.17) is 33.2 Å². The molecule has 0 heterocycles. The molecule has 0 nitrogen and oxygen atoms in total. The van der Waals surface area contributed by atoms with E-state index in [1.54, 1.807) is 0 Å². The monoisotopic (exact) mass is 456 g/mol.